The van der Waals surface area contributed by atoms with Gasteiger partial charge in [-0.3, -0.25) is 43.4 Å². The number of carboxylic acid groups (broad SMARTS) is 1. The van der Waals surface area contributed by atoms with Gasteiger partial charge in [-0.25, -0.2) is 4.79 Å². The van der Waals surface area contributed by atoms with Gasteiger partial charge in [0.25, 0.3) is 0 Å². The van der Waals surface area contributed by atoms with E-state index in [9.17, 15) is 43.5 Å². The van der Waals surface area contributed by atoms with Crippen molar-refractivity contribution in [3.8, 4) is 0 Å². The van der Waals surface area contributed by atoms with Crippen LogP contribution in [0.2, 0.25) is 0 Å². The van der Waals surface area contributed by atoms with E-state index in [0.717, 1.165) is 23.2 Å². The summed E-state index contributed by atoms with van der Waals surface area (Å²) in [4.78, 5) is 115. The van der Waals surface area contributed by atoms with Crippen molar-refractivity contribution in [2.24, 2.45) is 29.6 Å². The number of unbranched alkanes of at least 4 members (excludes halogenated alkanes) is 2. The summed E-state index contributed by atoms with van der Waals surface area (Å²) in [6, 6.07) is 13.3. The minimum Gasteiger partial charge on any atom is -0.480 e. The van der Waals surface area contributed by atoms with Crippen LogP contribution in [0.1, 0.15) is 131 Å². The number of benzene rings is 2. The highest BCUT2D eigenvalue weighted by atomic mass is 16.5. The predicted molar refractivity (Wildman–Crippen MR) is 301 cm³/mol. The Morgan fingerprint density at radius 3 is 2.04 bits per heavy atom. The van der Waals surface area contributed by atoms with Crippen LogP contribution in [0.25, 0.3) is 0 Å². The lowest BCUT2D eigenvalue weighted by Crippen LogP contribution is -2.59. The number of likely N-dealkylation sites (tertiary alicyclic amines) is 2. The monoisotopic (exact) mass is 1090 g/mol. The number of ether oxygens (including phenoxy) is 2. The maximum Gasteiger partial charge on any atom is 0.326 e. The fourth-order valence-corrected chi connectivity index (χ4v) is 11.3. The summed E-state index contributed by atoms with van der Waals surface area (Å²) in [7, 11) is 8.41. The van der Waals surface area contributed by atoms with Gasteiger partial charge in [-0.05, 0) is 86.6 Å². The highest BCUT2D eigenvalue weighted by Gasteiger charge is 2.44. The van der Waals surface area contributed by atoms with E-state index in [0.29, 0.717) is 71.0 Å². The van der Waals surface area contributed by atoms with Gasteiger partial charge in [-0.1, -0.05) is 111 Å². The van der Waals surface area contributed by atoms with Crippen molar-refractivity contribution in [3.63, 3.8) is 0 Å². The number of likely N-dealkylation sites (N-methyl/N-ethyl adjacent to an activating group) is 2. The zero-order valence-corrected chi connectivity index (χ0v) is 49.0. The van der Waals surface area contributed by atoms with Crippen LogP contribution in [0.3, 0.4) is 0 Å². The van der Waals surface area contributed by atoms with Crippen LogP contribution >= 0.6 is 0 Å². The van der Waals surface area contributed by atoms with Gasteiger partial charge in [0.2, 0.25) is 41.4 Å². The molecule has 0 saturated carbocycles. The van der Waals surface area contributed by atoms with Crippen molar-refractivity contribution < 1.29 is 52.9 Å². The summed E-state index contributed by atoms with van der Waals surface area (Å²) in [5.41, 5.74) is 2.57. The Kier molecular flexibility index (Phi) is 25.9. The Bertz CT molecular complexity index is 2300. The molecule has 2 aromatic carbocycles. The molecule has 1 unspecified atom stereocenters. The van der Waals surface area contributed by atoms with Crippen LogP contribution < -0.4 is 15.5 Å². The Labute approximate surface area is 464 Å². The molecule has 7 amide bonds. The van der Waals surface area contributed by atoms with E-state index in [-0.39, 0.29) is 78.4 Å². The molecule has 0 aromatic heterocycles. The predicted octanol–water partition coefficient (Wildman–Crippen LogP) is 6.37. The molecule has 18 nitrogen and oxygen atoms in total. The molecule has 0 spiro atoms. The third kappa shape index (κ3) is 17.9. The molecular formula is C60H93N7O11. The van der Waals surface area contributed by atoms with Crippen LogP contribution in [-0.4, -0.2) is 169 Å². The van der Waals surface area contributed by atoms with Crippen molar-refractivity contribution in [3.05, 3.63) is 65.7 Å². The van der Waals surface area contributed by atoms with E-state index in [4.69, 9.17) is 9.47 Å². The van der Waals surface area contributed by atoms with Crippen LogP contribution in [-0.2, 0) is 60.7 Å². The van der Waals surface area contributed by atoms with Crippen molar-refractivity contribution in [2.75, 3.05) is 59.9 Å². The number of hydrogen-bond acceptors (Lipinski definition) is 11. The van der Waals surface area contributed by atoms with E-state index in [1.54, 1.807) is 42.6 Å². The first-order chi connectivity index (χ1) is 36.9. The Morgan fingerprint density at radius 1 is 0.821 bits per heavy atom. The number of nitrogens with zero attached hydrogens (tertiary/aromatic N) is 5. The van der Waals surface area contributed by atoms with Gasteiger partial charge in [0.05, 0.1) is 42.7 Å². The highest BCUT2D eigenvalue weighted by molar-refractivity contribution is 6.03. The standard InChI is InChI=1S/C60H93N7O11/c1-14-40(6)54(49(77-12)37-52(70)66-32-21-24-48(66)55(78-13)42(8)56(71)62-47(60(75)76)36-44-22-17-15-18-23-44)65(11)59(74)46(34-38(2)3)61-57(72)53(39(4)5)63(9)33-30-43-26-28-45(29-27-43)64(10)50(68)25-19-16-20-31-67-51(69)35-41(7)58(67)73/h15,17-18,22-23,26-29,38-42,46-49,53-55H,14,16,19-21,24-25,30-37H2,1-13H3,(H,61,72)(H,62,71)(H,75,76)/t40-,41?,42+,46-,47-,48-,49+,53-,54-,55+/m0/s1. The second-order valence-electron chi connectivity index (χ2n) is 22.7. The number of carboxylic acids is 1. The van der Waals surface area contributed by atoms with Crippen molar-refractivity contribution in [2.45, 2.75) is 175 Å². The van der Waals surface area contributed by atoms with Gasteiger partial charge >= 0.3 is 5.97 Å². The van der Waals surface area contributed by atoms with E-state index in [2.05, 4.69) is 10.6 Å². The number of nitrogens with one attached hydrogen (secondary N) is 2. The summed E-state index contributed by atoms with van der Waals surface area (Å²) in [6.45, 7) is 16.9. The molecule has 2 aliphatic heterocycles. The number of hydrogen-bond donors (Lipinski definition) is 3. The summed E-state index contributed by atoms with van der Waals surface area (Å²) in [6.07, 6.45) is 4.25. The van der Waals surface area contributed by atoms with Gasteiger partial charge < -0.3 is 39.9 Å². The third-order valence-electron chi connectivity index (χ3n) is 16.0. The van der Waals surface area contributed by atoms with Gasteiger partial charge in [-0.2, -0.15) is 0 Å². The maximum absolute atomic E-state index is 14.8. The van der Waals surface area contributed by atoms with Gasteiger partial charge in [-0.15, -0.1) is 0 Å². The SMILES string of the molecule is CC[C@H](C)[C@@H]([C@@H](CC(=O)N1CCC[C@H]1[C@H](OC)[C@@H](C)C(=O)N[C@@H](Cc1ccccc1)C(=O)O)OC)N(C)C(=O)[C@H](CC(C)C)NC(=O)[C@H](C(C)C)N(C)CCc1ccc(N(C)C(=O)CCCCCN2C(=O)CC(C)C2=O)cc1. The largest absolute Gasteiger partial charge is 0.480 e. The first kappa shape index (κ1) is 64.8. The average molecular weight is 1090 g/mol. The molecule has 2 aromatic rings. The molecule has 2 aliphatic rings. The normalized spacial score (nSPS) is 18.8. The molecule has 0 bridgehead atoms. The average Bonchev–Trinajstić information content (AvgIpc) is 3.99. The van der Waals surface area contributed by atoms with E-state index in [1.165, 1.54) is 19.1 Å². The summed E-state index contributed by atoms with van der Waals surface area (Å²) >= 11 is 0. The minimum absolute atomic E-state index is 0.0196. The summed E-state index contributed by atoms with van der Waals surface area (Å²) in [5.74, 6) is -3.83. The van der Waals surface area contributed by atoms with Gasteiger partial charge in [0, 0.05) is 78.8 Å². The number of imide groups is 1. The number of carbonyl (C=O) groups excluding carboxylic acids is 7. The lowest BCUT2D eigenvalue weighted by atomic mass is 9.89. The Hall–Kier alpha value is -5.72. The number of amides is 7. The molecule has 4 rings (SSSR count). The third-order valence-corrected chi connectivity index (χ3v) is 16.0. The van der Waals surface area contributed by atoms with Gasteiger partial charge in [0.15, 0.2) is 0 Å². The molecule has 18 heteroatoms. The molecule has 10 atom stereocenters. The highest BCUT2D eigenvalue weighted by Crippen LogP contribution is 2.30. The second kappa shape index (κ2) is 31.2. The molecule has 2 fully saturated rings. The zero-order chi connectivity index (χ0) is 58.0. The van der Waals surface area contributed by atoms with E-state index in [1.807, 2.05) is 108 Å². The Balaban J connectivity index is 1.38. The number of rotatable bonds is 32. The quantitative estimate of drug-likeness (QED) is 0.0539. The molecule has 2 heterocycles. The Morgan fingerprint density at radius 2 is 1.47 bits per heavy atom. The first-order valence-electron chi connectivity index (χ1n) is 28.3. The lowest BCUT2D eigenvalue weighted by Gasteiger charge is -2.41. The summed E-state index contributed by atoms with van der Waals surface area (Å²) in [5, 5.41) is 15.8. The fourth-order valence-electron chi connectivity index (χ4n) is 11.3. The second-order valence-corrected chi connectivity index (χ2v) is 22.7. The van der Waals surface area contributed by atoms with Crippen LogP contribution in [0.15, 0.2) is 54.6 Å². The molecule has 2 saturated heterocycles. The molecule has 3 N–H and O–H groups in total. The molecule has 0 aliphatic carbocycles. The molecule has 434 valence electrons. The molecule has 78 heavy (non-hydrogen) atoms. The smallest absolute Gasteiger partial charge is 0.326 e. The zero-order valence-electron chi connectivity index (χ0n) is 49.0. The minimum atomic E-state index is -1.15. The number of aliphatic carboxylic acids is 1. The van der Waals surface area contributed by atoms with Gasteiger partial charge in [0.1, 0.15) is 12.1 Å². The topological polar surface area (TPSA) is 216 Å². The first-order valence-corrected chi connectivity index (χ1v) is 28.3. The van der Waals surface area contributed by atoms with Crippen LogP contribution in [0.5, 0.6) is 0 Å². The van der Waals surface area contributed by atoms with E-state index >= 15 is 0 Å². The van der Waals surface area contributed by atoms with E-state index < -0.39 is 60.2 Å². The van der Waals surface area contributed by atoms with Crippen molar-refractivity contribution >= 4 is 53.0 Å². The molecule has 0 radical (unpaired) electrons. The number of methoxy groups -OCH3 is 2. The maximum atomic E-state index is 14.8. The lowest BCUT2D eigenvalue weighted by molar-refractivity contribution is -0.148. The van der Waals surface area contributed by atoms with Crippen LogP contribution in [0.4, 0.5) is 5.69 Å². The number of anilines is 1. The number of carbonyl (C=O) groups is 8. The van der Waals surface area contributed by atoms with Crippen molar-refractivity contribution in [1.82, 2.24) is 30.2 Å². The fraction of sp³-hybridized carbons (Fsp3) is 0.667. The van der Waals surface area contributed by atoms with Crippen LogP contribution in [0, 0.1) is 29.6 Å². The van der Waals surface area contributed by atoms with Crippen molar-refractivity contribution in [1.29, 1.82) is 0 Å². The molecular weight excluding hydrogens is 995 g/mol. The summed E-state index contributed by atoms with van der Waals surface area (Å²) < 4.78 is 12.0.